The Labute approximate surface area is 177 Å². The molecule has 0 aliphatic heterocycles. The predicted molar refractivity (Wildman–Crippen MR) is 120 cm³/mol. The topological polar surface area (TPSA) is 73.3 Å². The molecule has 0 radical (unpaired) electrons. The fraction of sp³-hybridized carbons (Fsp3) is 0.375. The van der Waals surface area contributed by atoms with Crippen LogP contribution in [0.15, 0.2) is 48.8 Å². The average Bonchev–Trinajstić information content (AvgIpc) is 2.74. The molecule has 30 heavy (non-hydrogen) atoms. The third-order valence-electron chi connectivity index (χ3n) is 4.70. The lowest BCUT2D eigenvalue weighted by Crippen LogP contribution is -2.09. The molecule has 0 aliphatic carbocycles. The highest BCUT2D eigenvalue weighted by atomic mass is 16.5. The van der Waals surface area contributed by atoms with Gasteiger partial charge in [0.25, 0.3) is 0 Å². The molecule has 2 aromatic carbocycles. The molecular formula is C24H29N3O3. The number of fused-ring (bicyclic) bond motifs is 1. The number of aromatic nitrogens is 2. The fourth-order valence-electron chi connectivity index (χ4n) is 3.11. The number of rotatable bonds is 10. The lowest BCUT2D eigenvalue weighted by Gasteiger charge is -2.12. The molecule has 3 rings (SSSR count). The molecule has 6 heteroatoms. The highest BCUT2D eigenvalue weighted by Crippen LogP contribution is 2.29. The Morgan fingerprint density at radius 2 is 1.93 bits per heavy atom. The number of hydrogen-bond acceptors (Lipinski definition) is 6. The van der Waals surface area contributed by atoms with Gasteiger partial charge in [0, 0.05) is 11.9 Å². The number of nitrogens with zero attached hydrogens (tertiary/aromatic N) is 2. The molecule has 3 aromatic rings. The summed E-state index contributed by atoms with van der Waals surface area (Å²) in [4.78, 5) is 20.3. The Hall–Kier alpha value is -3.15. The first-order chi connectivity index (χ1) is 14.6. The van der Waals surface area contributed by atoms with E-state index in [1.165, 1.54) is 0 Å². The molecule has 0 saturated heterocycles. The van der Waals surface area contributed by atoms with Crippen LogP contribution < -0.4 is 10.1 Å². The van der Waals surface area contributed by atoms with Gasteiger partial charge in [0.05, 0.1) is 25.2 Å². The van der Waals surface area contributed by atoms with Gasteiger partial charge in [0.1, 0.15) is 17.9 Å². The predicted octanol–water partition coefficient (Wildman–Crippen LogP) is 5.09. The Morgan fingerprint density at radius 3 is 2.73 bits per heavy atom. The molecule has 1 aromatic heterocycles. The molecule has 0 fully saturated rings. The van der Waals surface area contributed by atoms with Gasteiger partial charge in [-0.3, -0.25) is 4.79 Å². The van der Waals surface area contributed by atoms with Crippen LogP contribution >= 0.6 is 0 Å². The maximum absolute atomic E-state index is 11.5. The highest BCUT2D eigenvalue weighted by Gasteiger charge is 2.08. The maximum atomic E-state index is 11.5. The van der Waals surface area contributed by atoms with Crippen LogP contribution in [0.1, 0.15) is 33.6 Å². The standard InChI is InChI=1S/C24H29N3O3/c1-4-29-23(28)11-13-30-20-7-5-6-18(14-20)19-8-9-22-21(15-19)24(27-16-26-22)25-12-10-17(2)3/h5-9,14-17H,4,10-13H2,1-3H3,(H,25,26,27). The molecular weight excluding hydrogens is 378 g/mol. The monoisotopic (exact) mass is 407 g/mol. The average molecular weight is 408 g/mol. The normalized spacial score (nSPS) is 10.9. The first kappa shape index (κ1) is 21.6. The number of carbonyl (C=O) groups is 1. The van der Waals surface area contributed by atoms with Gasteiger partial charge in [-0.15, -0.1) is 0 Å². The van der Waals surface area contributed by atoms with E-state index < -0.39 is 0 Å². The second-order valence-corrected chi connectivity index (χ2v) is 7.49. The number of carbonyl (C=O) groups excluding carboxylic acids is 1. The Morgan fingerprint density at radius 1 is 1.10 bits per heavy atom. The number of nitrogens with one attached hydrogen (secondary N) is 1. The molecule has 0 unspecified atom stereocenters. The second-order valence-electron chi connectivity index (χ2n) is 7.49. The third kappa shape index (κ3) is 5.92. The molecule has 0 bridgehead atoms. The van der Waals surface area contributed by atoms with Gasteiger partial charge in [-0.25, -0.2) is 9.97 Å². The van der Waals surface area contributed by atoms with E-state index in [0.29, 0.717) is 12.5 Å². The van der Waals surface area contributed by atoms with E-state index >= 15 is 0 Å². The number of benzene rings is 2. The van der Waals surface area contributed by atoms with E-state index in [-0.39, 0.29) is 19.0 Å². The summed E-state index contributed by atoms with van der Waals surface area (Å²) in [6.45, 7) is 7.76. The quantitative estimate of drug-likeness (QED) is 0.472. The minimum absolute atomic E-state index is 0.233. The van der Waals surface area contributed by atoms with Crippen LogP contribution in [0.25, 0.3) is 22.0 Å². The minimum atomic E-state index is -0.249. The summed E-state index contributed by atoms with van der Waals surface area (Å²) in [5.41, 5.74) is 2.99. The van der Waals surface area contributed by atoms with Gasteiger partial charge in [-0.2, -0.15) is 0 Å². The molecule has 1 heterocycles. The van der Waals surface area contributed by atoms with Gasteiger partial charge in [0.2, 0.25) is 0 Å². The van der Waals surface area contributed by atoms with Gasteiger partial charge in [-0.1, -0.05) is 32.0 Å². The van der Waals surface area contributed by atoms with Gasteiger partial charge in [-0.05, 0) is 54.7 Å². The number of anilines is 1. The Balaban J connectivity index is 1.76. The first-order valence-electron chi connectivity index (χ1n) is 10.4. The Kier molecular flexibility index (Phi) is 7.60. The lowest BCUT2D eigenvalue weighted by molar-refractivity contribution is -0.143. The first-order valence-corrected chi connectivity index (χ1v) is 10.4. The van der Waals surface area contributed by atoms with Crippen molar-refractivity contribution in [3.63, 3.8) is 0 Å². The van der Waals surface area contributed by atoms with Crippen molar-refractivity contribution in [3.8, 4) is 16.9 Å². The maximum Gasteiger partial charge on any atom is 0.309 e. The van der Waals surface area contributed by atoms with Gasteiger partial charge < -0.3 is 14.8 Å². The van der Waals surface area contributed by atoms with E-state index in [9.17, 15) is 4.79 Å². The van der Waals surface area contributed by atoms with Crippen molar-refractivity contribution in [1.82, 2.24) is 9.97 Å². The van der Waals surface area contributed by atoms with Crippen molar-refractivity contribution in [3.05, 3.63) is 48.8 Å². The van der Waals surface area contributed by atoms with E-state index in [4.69, 9.17) is 9.47 Å². The number of hydrogen-bond donors (Lipinski definition) is 1. The van der Waals surface area contributed by atoms with E-state index in [1.807, 2.05) is 36.4 Å². The van der Waals surface area contributed by atoms with Crippen LogP contribution in [0.2, 0.25) is 0 Å². The zero-order chi connectivity index (χ0) is 21.3. The molecule has 0 saturated carbocycles. The molecule has 158 valence electrons. The summed E-state index contributed by atoms with van der Waals surface area (Å²) in [7, 11) is 0. The van der Waals surface area contributed by atoms with Gasteiger partial charge in [0.15, 0.2) is 0 Å². The third-order valence-corrected chi connectivity index (χ3v) is 4.70. The van der Waals surface area contributed by atoms with Crippen molar-refractivity contribution >= 4 is 22.7 Å². The van der Waals surface area contributed by atoms with Crippen molar-refractivity contribution in [2.24, 2.45) is 5.92 Å². The molecule has 6 nitrogen and oxygen atoms in total. The van der Waals surface area contributed by atoms with Crippen molar-refractivity contribution in [1.29, 1.82) is 0 Å². The molecule has 0 aliphatic rings. The van der Waals surface area contributed by atoms with Crippen LogP contribution in [-0.2, 0) is 9.53 Å². The summed E-state index contributed by atoms with van der Waals surface area (Å²) in [6, 6.07) is 14.0. The highest BCUT2D eigenvalue weighted by molar-refractivity contribution is 5.92. The van der Waals surface area contributed by atoms with Crippen LogP contribution in [-0.4, -0.2) is 35.7 Å². The molecule has 1 N–H and O–H groups in total. The van der Waals surface area contributed by atoms with Gasteiger partial charge >= 0.3 is 5.97 Å². The summed E-state index contributed by atoms with van der Waals surface area (Å²) in [6.07, 6.45) is 2.91. The number of esters is 1. The lowest BCUT2D eigenvalue weighted by atomic mass is 10.0. The van der Waals surface area contributed by atoms with E-state index in [2.05, 4.69) is 35.2 Å². The zero-order valence-electron chi connectivity index (χ0n) is 17.9. The largest absolute Gasteiger partial charge is 0.493 e. The molecule has 0 atom stereocenters. The summed E-state index contributed by atoms with van der Waals surface area (Å²) in [5.74, 6) is 1.95. The minimum Gasteiger partial charge on any atom is -0.493 e. The summed E-state index contributed by atoms with van der Waals surface area (Å²) >= 11 is 0. The Bertz CT molecular complexity index is 988. The van der Waals surface area contributed by atoms with Crippen LogP contribution in [0.3, 0.4) is 0 Å². The zero-order valence-corrected chi connectivity index (χ0v) is 17.9. The second kappa shape index (κ2) is 10.6. The van der Waals surface area contributed by atoms with Crippen molar-refractivity contribution < 1.29 is 14.3 Å². The summed E-state index contributed by atoms with van der Waals surface area (Å²) < 4.78 is 10.7. The molecule has 0 spiro atoms. The van der Waals surface area contributed by atoms with E-state index in [1.54, 1.807) is 13.3 Å². The smallest absolute Gasteiger partial charge is 0.309 e. The van der Waals surface area contributed by atoms with Crippen LogP contribution in [0, 0.1) is 5.92 Å². The van der Waals surface area contributed by atoms with Crippen molar-refractivity contribution in [2.75, 3.05) is 25.1 Å². The van der Waals surface area contributed by atoms with Crippen molar-refractivity contribution in [2.45, 2.75) is 33.6 Å². The number of ether oxygens (including phenoxy) is 2. The van der Waals surface area contributed by atoms with Crippen LogP contribution in [0.4, 0.5) is 5.82 Å². The molecule has 0 amide bonds. The SMILES string of the molecule is CCOC(=O)CCOc1cccc(-c2ccc3ncnc(NCCC(C)C)c3c2)c1. The fourth-order valence-corrected chi connectivity index (χ4v) is 3.11. The summed E-state index contributed by atoms with van der Waals surface area (Å²) in [5, 5.41) is 4.43. The van der Waals surface area contributed by atoms with E-state index in [0.717, 1.165) is 46.6 Å². The van der Waals surface area contributed by atoms with Crippen LogP contribution in [0.5, 0.6) is 5.75 Å².